The molecule has 52 heavy (non-hydrogen) atoms. The summed E-state index contributed by atoms with van der Waals surface area (Å²) < 4.78 is 9.04. The van der Waals surface area contributed by atoms with Crippen LogP contribution in [0.2, 0.25) is 0 Å². The lowest BCUT2D eigenvalue weighted by molar-refractivity contribution is 0.669. The molecule has 0 unspecified atom stereocenters. The number of hydrogen-bond donors (Lipinski definition) is 0. The zero-order chi connectivity index (χ0) is 34.2. The number of fused-ring (bicyclic) bond motifs is 9. The Morgan fingerprint density at radius 2 is 1.00 bits per heavy atom. The van der Waals surface area contributed by atoms with E-state index in [1.807, 2.05) is 17.4 Å². The topological polar surface area (TPSA) is 16.4 Å². The SMILES string of the molecule is c1ccc(C2(c3cccc(N(c4cccc5oc6ccccc6c45)c4cccc5sc6ccccc6c45)c3)c3ccccc3-c3ccccc32)cc1. The van der Waals surface area contributed by atoms with Gasteiger partial charge in [0.05, 0.1) is 22.2 Å². The highest BCUT2D eigenvalue weighted by molar-refractivity contribution is 7.26. The van der Waals surface area contributed by atoms with Crippen LogP contribution in [0.1, 0.15) is 22.3 Å². The molecule has 0 aliphatic heterocycles. The van der Waals surface area contributed by atoms with Gasteiger partial charge in [-0.1, -0.05) is 140 Å². The van der Waals surface area contributed by atoms with Gasteiger partial charge in [-0.15, -0.1) is 11.3 Å². The van der Waals surface area contributed by atoms with Crippen LogP contribution in [0.5, 0.6) is 0 Å². The fraction of sp³-hybridized carbons (Fsp3) is 0.0204. The average molecular weight is 682 g/mol. The number of benzene rings is 8. The van der Waals surface area contributed by atoms with Gasteiger partial charge in [0.25, 0.3) is 0 Å². The van der Waals surface area contributed by atoms with Gasteiger partial charge in [0.1, 0.15) is 11.2 Å². The van der Waals surface area contributed by atoms with Crippen LogP contribution >= 0.6 is 11.3 Å². The van der Waals surface area contributed by atoms with E-state index < -0.39 is 5.41 Å². The van der Waals surface area contributed by atoms with Crippen molar-refractivity contribution in [1.29, 1.82) is 0 Å². The molecule has 0 saturated carbocycles. The molecule has 0 radical (unpaired) electrons. The summed E-state index contributed by atoms with van der Waals surface area (Å²) in [4.78, 5) is 2.47. The van der Waals surface area contributed by atoms with Gasteiger partial charge in [0, 0.05) is 31.2 Å². The minimum absolute atomic E-state index is 0.508. The molecule has 0 atom stereocenters. The first-order valence-corrected chi connectivity index (χ1v) is 18.6. The lowest BCUT2D eigenvalue weighted by Gasteiger charge is -2.35. The van der Waals surface area contributed by atoms with Crippen LogP contribution in [0, 0.1) is 0 Å². The molecule has 2 aromatic heterocycles. The fourth-order valence-electron chi connectivity index (χ4n) is 8.88. The Bertz CT molecular complexity index is 2830. The average Bonchev–Trinajstić information content (AvgIpc) is 3.88. The van der Waals surface area contributed by atoms with Gasteiger partial charge in [0.2, 0.25) is 0 Å². The van der Waals surface area contributed by atoms with Gasteiger partial charge in [-0.05, 0) is 81.9 Å². The molecular weight excluding hydrogens is 651 g/mol. The van der Waals surface area contributed by atoms with Crippen molar-refractivity contribution in [3.05, 3.63) is 210 Å². The normalized spacial score (nSPS) is 13.2. The van der Waals surface area contributed by atoms with E-state index in [-0.39, 0.29) is 0 Å². The molecule has 3 heteroatoms. The Hall–Kier alpha value is -6.42. The molecule has 0 spiro atoms. The van der Waals surface area contributed by atoms with Crippen LogP contribution in [-0.4, -0.2) is 0 Å². The number of rotatable bonds is 5. The lowest BCUT2D eigenvalue weighted by atomic mass is 9.67. The molecule has 0 N–H and O–H groups in total. The molecule has 8 aromatic carbocycles. The summed E-state index contributed by atoms with van der Waals surface area (Å²) in [6, 6.07) is 68.6. The molecular formula is C49H31NOS. The van der Waals surface area contributed by atoms with E-state index in [1.165, 1.54) is 53.6 Å². The van der Waals surface area contributed by atoms with E-state index in [2.05, 4.69) is 187 Å². The van der Waals surface area contributed by atoms with Crippen molar-refractivity contribution >= 4 is 70.5 Å². The van der Waals surface area contributed by atoms with Crippen molar-refractivity contribution in [1.82, 2.24) is 0 Å². The molecule has 1 aliphatic rings. The summed E-state index contributed by atoms with van der Waals surface area (Å²) >= 11 is 1.85. The van der Waals surface area contributed by atoms with E-state index in [4.69, 9.17) is 4.42 Å². The number of furan rings is 1. The molecule has 0 fully saturated rings. The number of anilines is 3. The maximum Gasteiger partial charge on any atom is 0.137 e. The minimum Gasteiger partial charge on any atom is -0.456 e. The van der Waals surface area contributed by atoms with Gasteiger partial charge >= 0.3 is 0 Å². The van der Waals surface area contributed by atoms with E-state index in [0.29, 0.717) is 0 Å². The van der Waals surface area contributed by atoms with E-state index in [0.717, 1.165) is 39.0 Å². The highest BCUT2D eigenvalue weighted by atomic mass is 32.1. The fourth-order valence-corrected chi connectivity index (χ4v) is 10.0. The van der Waals surface area contributed by atoms with E-state index >= 15 is 0 Å². The zero-order valence-corrected chi connectivity index (χ0v) is 29.0. The smallest absolute Gasteiger partial charge is 0.137 e. The third-order valence-electron chi connectivity index (χ3n) is 10.9. The van der Waals surface area contributed by atoms with Crippen molar-refractivity contribution in [2.24, 2.45) is 0 Å². The zero-order valence-electron chi connectivity index (χ0n) is 28.2. The molecule has 10 aromatic rings. The summed E-state index contributed by atoms with van der Waals surface area (Å²) in [5.74, 6) is 0. The number of para-hydroxylation sites is 1. The monoisotopic (exact) mass is 681 g/mol. The number of nitrogens with zero attached hydrogens (tertiary/aromatic N) is 1. The van der Waals surface area contributed by atoms with Gasteiger partial charge in [-0.3, -0.25) is 0 Å². The van der Waals surface area contributed by atoms with Crippen molar-refractivity contribution in [3.63, 3.8) is 0 Å². The summed E-state index contributed by atoms with van der Waals surface area (Å²) in [5, 5.41) is 4.74. The maximum atomic E-state index is 6.49. The summed E-state index contributed by atoms with van der Waals surface area (Å²) in [6.07, 6.45) is 0. The molecule has 1 aliphatic carbocycles. The predicted octanol–water partition coefficient (Wildman–Crippen LogP) is 13.8. The van der Waals surface area contributed by atoms with Crippen molar-refractivity contribution < 1.29 is 4.42 Å². The largest absolute Gasteiger partial charge is 0.456 e. The van der Waals surface area contributed by atoms with Gasteiger partial charge in [-0.2, -0.15) is 0 Å². The van der Waals surface area contributed by atoms with Gasteiger partial charge in [0.15, 0.2) is 0 Å². The van der Waals surface area contributed by atoms with Crippen LogP contribution in [0.4, 0.5) is 17.1 Å². The van der Waals surface area contributed by atoms with Crippen LogP contribution in [-0.2, 0) is 5.41 Å². The third-order valence-corrected chi connectivity index (χ3v) is 12.1. The Morgan fingerprint density at radius 3 is 1.81 bits per heavy atom. The molecule has 0 saturated heterocycles. The Morgan fingerprint density at radius 1 is 0.423 bits per heavy atom. The van der Waals surface area contributed by atoms with Crippen LogP contribution in [0.15, 0.2) is 192 Å². The van der Waals surface area contributed by atoms with Crippen molar-refractivity contribution in [3.8, 4) is 11.1 Å². The molecule has 244 valence electrons. The Balaban J connectivity index is 1.25. The van der Waals surface area contributed by atoms with Crippen LogP contribution in [0.25, 0.3) is 53.2 Å². The first-order valence-electron chi connectivity index (χ1n) is 17.8. The highest BCUT2D eigenvalue weighted by Gasteiger charge is 2.46. The Kier molecular flexibility index (Phi) is 6.37. The standard InChI is InChI=1S/C49H31NOS/c1-2-15-32(16-3-1)49(39-23-8-4-19-35(39)36-20-5-9-24-40(36)49)33-17-12-18-34(31-33)50(41-25-13-28-44-47(41)37-21-6-10-27-43(37)51-44)42-26-14-30-46-48(42)38-22-7-11-29-45(38)52-46/h1-31H. The molecule has 0 bridgehead atoms. The second-order valence-corrected chi connectivity index (χ2v) is 14.7. The summed E-state index contributed by atoms with van der Waals surface area (Å²) in [7, 11) is 0. The second-order valence-electron chi connectivity index (χ2n) is 13.6. The van der Waals surface area contributed by atoms with Crippen molar-refractivity contribution in [2.45, 2.75) is 5.41 Å². The van der Waals surface area contributed by atoms with Gasteiger partial charge < -0.3 is 9.32 Å². The quantitative estimate of drug-likeness (QED) is 0.180. The van der Waals surface area contributed by atoms with E-state index in [9.17, 15) is 0 Å². The van der Waals surface area contributed by atoms with Gasteiger partial charge in [-0.25, -0.2) is 0 Å². The van der Waals surface area contributed by atoms with Crippen LogP contribution < -0.4 is 4.90 Å². The third kappa shape index (κ3) is 4.06. The maximum absolute atomic E-state index is 6.49. The molecule has 2 heterocycles. The minimum atomic E-state index is -0.508. The molecule has 0 amide bonds. The van der Waals surface area contributed by atoms with E-state index in [1.54, 1.807) is 0 Å². The predicted molar refractivity (Wildman–Crippen MR) is 219 cm³/mol. The first kappa shape index (κ1) is 29.3. The van der Waals surface area contributed by atoms with Crippen molar-refractivity contribution in [2.75, 3.05) is 4.90 Å². The first-order chi connectivity index (χ1) is 25.8. The highest BCUT2D eigenvalue weighted by Crippen LogP contribution is 2.57. The van der Waals surface area contributed by atoms with Crippen LogP contribution in [0.3, 0.4) is 0 Å². The summed E-state index contributed by atoms with van der Waals surface area (Å²) in [6.45, 7) is 0. The number of hydrogen-bond acceptors (Lipinski definition) is 3. The molecule has 11 rings (SSSR count). The summed E-state index contributed by atoms with van der Waals surface area (Å²) in [5.41, 5.74) is 12.2. The second kappa shape index (κ2) is 11.3. The lowest BCUT2D eigenvalue weighted by Crippen LogP contribution is -2.28. The molecule has 2 nitrogen and oxygen atoms in total. The Labute approximate surface area is 305 Å². The number of thiophene rings is 1.